The van der Waals surface area contributed by atoms with Crippen LogP contribution in [-0.4, -0.2) is 106 Å². The van der Waals surface area contributed by atoms with Gasteiger partial charge in [-0.1, -0.05) is 13.3 Å². The number of rotatable bonds is 12. The minimum absolute atomic E-state index is 0.00415. The summed E-state index contributed by atoms with van der Waals surface area (Å²) in [5, 5.41) is 7.89. The molecule has 0 spiro atoms. The highest BCUT2D eigenvalue weighted by Crippen LogP contribution is 2.40. The van der Waals surface area contributed by atoms with Gasteiger partial charge in [0.05, 0.1) is 5.92 Å². The molecule has 0 aliphatic carbocycles. The quantitative estimate of drug-likeness (QED) is 0.173. The number of carbonyl (C=O) groups excluding carboxylic acids is 1. The number of nitrogens with zero attached hydrogens (tertiary/aromatic N) is 3. The monoisotopic (exact) mass is 648 g/mol. The van der Waals surface area contributed by atoms with E-state index in [0.717, 1.165) is 58.0 Å². The smallest absolute Gasteiger partial charge is 0.309 e. The first kappa shape index (κ1) is 39.7. The number of esters is 1. The molecule has 0 radical (unpaired) electrons. The molecule has 7 heteroatoms. The van der Waals surface area contributed by atoms with Crippen LogP contribution in [-0.2, 0) is 9.53 Å². The number of piperidine rings is 3. The zero-order valence-corrected chi connectivity index (χ0v) is 33.3. The fourth-order valence-corrected chi connectivity index (χ4v) is 9.54. The fraction of sp³-hybridized carbons (Fsp3) is 0.974. The van der Waals surface area contributed by atoms with Crippen molar-refractivity contribution in [2.75, 3.05) is 34.2 Å². The van der Waals surface area contributed by atoms with E-state index in [1.165, 1.54) is 12.8 Å². The van der Waals surface area contributed by atoms with Gasteiger partial charge in [-0.05, 0) is 162 Å². The van der Waals surface area contributed by atoms with Crippen molar-refractivity contribution in [2.45, 2.75) is 199 Å². The van der Waals surface area contributed by atoms with Crippen molar-refractivity contribution in [1.29, 1.82) is 0 Å². The first-order valence-electron chi connectivity index (χ1n) is 18.7. The molecule has 3 aliphatic heterocycles. The van der Waals surface area contributed by atoms with E-state index in [2.05, 4.69) is 136 Å². The molecule has 0 amide bonds. The molecule has 7 nitrogen and oxygen atoms in total. The summed E-state index contributed by atoms with van der Waals surface area (Å²) in [6, 6.07) is 0.993. The molecular weight excluding hydrogens is 570 g/mol. The summed E-state index contributed by atoms with van der Waals surface area (Å²) in [4.78, 5) is 21.4. The maximum absolute atomic E-state index is 13.8. The average molecular weight is 648 g/mol. The molecule has 46 heavy (non-hydrogen) atoms. The molecule has 0 aromatic carbocycles. The highest BCUT2D eigenvalue weighted by atomic mass is 16.5. The summed E-state index contributed by atoms with van der Waals surface area (Å²) in [5.74, 6) is 0.117. The van der Waals surface area contributed by atoms with Gasteiger partial charge in [0, 0.05) is 58.2 Å². The molecule has 0 aromatic rings. The van der Waals surface area contributed by atoms with E-state index >= 15 is 0 Å². The number of hydrogen-bond acceptors (Lipinski definition) is 7. The van der Waals surface area contributed by atoms with Crippen LogP contribution in [0.2, 0.25) is 0 Å². The first-order valence-corrected chi connectivity index (χ1v) is 18.7. The lowest BCUT2D eigenvalue weighted by Gasteiger charge is -2.54. The third-order valence-corrected chi connectivity index (χ3v) is 13.4. The zero-order chi connectivity index (χ0) is 35.1. The van der Waals surface area contributed by atoms with Crippen molar-refractivity contribution in [3.63, 3.8) is 0 Å². The van der Waals surface area contributed by atoms with Crippen molar-refractivity contribution < 1.29 is 9.53 Å². The summed E-state index contributed by atoms with van der Waals surface area (Å²) in [7, 11) is 6.75. The number of ether oxygens (including phenoxy) is 1. The van der Waals surface area contributed by atoms with Gasteiger partial charge in [-0.15, -0.1) is 0 Å². The predicted molar refractivity (Wildman–Crippen MR) is 195 cm³/mol. The summed E-state index contributed by atoms with van der Waals surface area (Å²) in [6.45, 7) is 32.1. The van der Waals surface area contributed by atoms with E-state index in [-0.39, 0.29) is 57.1 Å². The number of likely N-dealkylation sites (tertiary alicyclic amines) is 3. The fourth-order valence-electron chi connectivity index (χ4n) is 9.54. The van der Waals surface area contributed by atoms with Crippen molar-refractivity contribution >= 4 is 5.97 Å². The third kappa shape index (κ3) is 9.49. The van der Waals surface area contributed by atoms with Crippen molar-refractivity contribution in [3.8, 4) is 0 Å². The van der Waals surface area contributed by atoms with Gasteiger partial charge in [0.2, 0.25) is 0 Å². The number of nitrogens with one attached hydrogen (secondary N) is 2. The lowest BCUT2D eigenvalue weighted by Crippen LogP contribution is -2.62. The van der Waals surface area contributed by atoms with E-state index in [1.807, 2.05) is 0 Å². The highest BCUT2D eigenvalue weighted by Gasteiger charge is 2.46. The van der Waals surface area contributed by atoms with Crippen LogP contribution in [0.1, 0.15) is 148 Å². The molecular formula is C39H77N5O2. The van der Waals surface area contributed by atoms with E-state index < -0.39 is 0 Å². The molecule has 2 N–H and O–H groups in total. The Balaban J connectivity index is 1.63. The Hall–Kier alpha value is -0.730. The minimum Gasteiger partial charge on any atom is -0.462 e. The van der Waals surface area contributed by atoms with Gasteiger partial charge < -0.3 is 15.4 Å². The van der Waals surface area contributed by atoms with E-state index in [9.17, 15) is 4.79 Å². The van der Waals surface area contributed by atoms with Crippen LogP contribution in [0.5, 0.6) is 0 Å². The maximum atomic E-state index is 13.8. The SMILES string of the molecule is CC(C(=O)OC1CC(C)(C)N(C)C(C)(C)C1)C(CCCCNC1CC(C)(C)N(C)C(C)(C)C1)CNC1CC(C)(C)N(C)C(C)(C)C1. The van der Waals surface area contributed by atoms with Crippen LogP contribution >= 0.6 is 0 Å². The number of unbranched alkanes of at least 4 members (excludes halogenated alkanes) is 1. The highest BCUT2D eigenvalue weighted by molar-refractivity contribution is 5.72. The van der Waals surface area contributed by atoms with Gasteiger partial charge in [0.15, 0.2) is 0 Å². The van der Waals surface area contributed by atoms with Gasteiger partial charge in [-0.3, -0.25) is 19.5 Å². The zero-order valence-electron chi connectivity index (χ0n) is 33.3. The standard InChI is InChI=1S/C39H77N5O2/c1-28(33(45)46-32-25-38(10,11)44(16)39(12,13)26-32)29(27-41-31-23-36(6,7)43(15)37(8,9)24-31)19-17-18-20-40-30-21-34(2,3)42(14)35(4,5)22-30/h28-32,40-41H,17-27H2,1-16H3. The normalized spacial score (nSPS) is 28.5. The number of carbonyl (C=O) groups is 1. The Morgan fingerprint density at radius 1 is 0.630 bits per heavy atom. The van der Waals surface area contributed by atoms with Crippen LogP contribution in [0.15, 0.2) is 0 Å². The summed E-state index contributed by atoms with van der Waals surface area (Å²) >= 11 is 0. The Labute approximate surface area is 285 Å². The van der Waals surface area contributed by atoms with Gasteiger partial charge in [0.1, 0.15) is 6.10 Å². The first-order chi connectivity index (χ1) is 20.8. The molecule has 0 bridgehead atoms. The molecule has 3 fully saturated rings. The molecule has 3 aliphatic rings. The second kappa shape index (κ2) is 14.2. The van der Waals surface area contributed by atoms with Gasteiger partial charge in [0.25, 0.3) is 0 Å². The van der Waals surface area contributed by atoms with Crippen molar-refractivity contribution in [3.05, 3.63) is 0 Å². The maximum Gasteiger partial charge on any atom is 0.309 e. The lowest BCUT2D eigenvalue weighted by atomic mass is 9.77. The summed E-state index contributed by atoms with van der Waals surface area (Å²) in [6.07, 6.45) is 9.61. The summed E-state index contributed by atoms with van der Waals surface area (Å²) in [5.41, 5.74) is 0.653. The molecule has 0 saturated carbocycles. The van der Waals surface area contributed by atoms with Crippen molar-refractivity contribution in [2.24, 2.45) is 11.8 Å². The third-order valence-electron chi connectivity index (χ3n) is 13.4. The Bertz CT molecular complexity index is 964. The summed E-state index contributed by atoms with van der Waals surface area (Å²) < 4.78 is 6.36. The predicted octanol–water partition coefficient (Wildman–Crippen LogP) is 7.09. The second-order valence-corrected chi connectivity index (χ2v) is 19.6. The molecule has 2 atom stereocenters. The van der Waals surface area contributed by atoms with Crippen molar-refractivity contribution in [1.82, 2.24) is 25.3 Å². The van der Waals surface area contributed by atoms with Crippen LogP contribution in [0.3, 0.4) is 0 Å². The van der Waals surface area contributed by atoms with Crippen LogP contribution in [0.4, 0.5) is 0 Å². The van der Waals surface area contributed by atoms with Gasteiger partial charge in [-0.2, -0.15) is 0 Å². The number of hydrogen-bond donors (Lipinski definition) is 2. The van der Waals surface area contributed by atoms with E-state index in [1.54, 1.807) is 0 Å². The van der Waals surface area contributed by atoms with E-state index in [4.69, 9.17) is 4.74 Å². The Morgan fingerprint density at radius 2 is 1.00 bits per heavy atom. The van der Waals surface area contributed by atoms with E-state index in [0.29, 0.717) is 12.1 Å². The van der Waals surface area contributed by atoms with Crippen LogP contribution in [0, 0.1) is 11.8 Å². The molecule has 270 valence electrons. The van der Waals surface area contributed by atoms with Gasteiger partial charge >= 0.3 is 5.97 Å². The molecule has 3 heterocycles. The topological polar surface area (TPSA) is 60.1 Å². The largest absolute Gasteiger partial charge is 0.462 e. The van der Waals surface area contributed by atoms with Gasteiger partial charge in [-0.25, -0.2) is 0 Å². The lowest BCUT2D eigenvalue weighted by molar-refractivity contribution is -0.165. The molecule has 0 aromatic heterocycles. The Kier molecular flexibility index (Phi) is 12.3. The van der Waals surface area contributed by atoms with Crippen LogP contribution < -0.4 is 10.6 Å². The molecule has 3 rings (SSSR count). The minimum atomic E-state index is -0.130. The molecule has 3 saturated heterocycles. The average Bonchev–Trinajstić information content (AvgIpc) is 2.89. The Morgan fingerprint density at radius 3 is 1.41 bits per heavy atom. The molecule has 2 unspecified atom stereocenters. The second-order valence-electron chi connectivity index (χ2n) is 19.6. The van der Waals surface area contributed by atoms with Crippen LogP contribution in [0.25, 0.3) is 0 Å².